The number of hydrogen-bond donors (Lipinski definition) is 3. The maximum atomic E-state index is 12.2. The normalized spacial score (nSPS) is 21.2. The van der Waals surface area contributed by atoms with E-state index in [-0.39, 0.29) is 5.56 Å². The third-order valence-electron chi connectivity index (χ3n) is 6.62. The van der Waals surface area contributed by atoms with E-state index in [1.165, 1.54) is 6.07 Å². The van der Waals surface area contributed by atoms with Gasteiger partial charge in [-0.15, -0.1) is 0 Å². The van der Waals surface area contributed by atoms with Crippen molar-refractivity contribution in [2.24, 2.45) is 0 Å². The zero-order chi connectivity index (χ0) is 22.9. The van der Waals surface area contributed by atoms with Crippen molar-refractivity contribution in [2.75, 3.05) is 60.5 Å². The highest BCUT2D eigenvalue weighted by atomic mass is 35.5. The fraction of sp³-hybridized carbons (Fsp3) is 0.522. The highest BCUT2D eigenvalue weighted by Gasteiger charge is 2.32. The average molecular weight is 473 g/mol. The minimum absolute atomic E-state index is 0.142. The van der Waals surface area contributed by atoms with E-state index in [9.17, 15) is 15.0 Å². The Morgan fingerprint density at radius 2 is 1.67 bits per heavy atom. The zero-order valence-electron chi connectivity index (χ0n) is 18.5. The Morgan fingerprint density at radius 1 is 1.00 bits per heavy atom. The van der Waals surface area contributed by atoms with Gasteiger partial charge in [0.25, 0.3) is 0 Å². The number of benzene rings is 1. The molecule has 1 unspecified atom stereocenters. The largest absolute Gasteiger partial charge is 0.478 e. The van der Waals surface area contributed by atoms with Crippen molar-refractivity contribution < 1.29 is 15.0 Å². The molecule has 1 aromatic heterocycles. The molecule has 176 valence electrons. The summed E-state index contributed by atoms with van der Waals surface area (Å²) in [7, 11) is 0. The number of carboxylic acids is 1. The first-order valence-electron chi connectivity index (χ1n) is 11.6. The number of rotatable bonds is 5. The molecule has 33 heavy (non-hydrogen) atoms. The topological polar surface area (TPSA) is 105 Å². The summed E-state index contributed by atoms with van der Waals surface area (Å²) in [6, 6.07) is 4.79. The molecule has 3 N–H and O–H groups in total. The van der Waals surface area contributed by atoms with Crippen LogP contribution >= 0.6 is 11.6 Å². The van der Waals surface area contributed by atoms with Crippen LogP contribution in [-0.2, 0) is 0 Å². The molecule has 0 amide bonds. The van der Waals surface area contributed by atoms with E-state index >= 15 is 0 Å². The number of aromatic carboxylic acids is 1. The molecule has 5 rings (SSSR count). The van der Waals surface area contributed by atoms with Crippen LogP contribution in [0.25, 0.3) is 11.1 Å². The maximum absolute atomic E-state index is 12.2. The van der Waals surface area contributed by atoms with Crippen molar-refractivity contribution in [2.45, 2.75) is 31.9 Å². The summed E-state index contributed by atoms with van der Waals surface area (Å²) in [4.78, 5) is 28.4. The fourth-order valence-electron chi connectivity index (χ4n) is 4.94. The van der Waals surface area contributed by atoms with Gasteiger partial charge in [0.1, 0.15) is 17.9 Å². The molecule has 1 aromatic carbocycles. The number of nitrogens with zero attached hydrogens (tertiary/aromatic N) is 5. The number of β-amino-alcohol motifs (C(OH)–C–C–N with tert-alkyl or cyclic N) is 1. The second-order valence-electron chi connectivity index (χ2n) is 8.81. The lowest BCUT2D eigenvalue weighted by molar-refractivity contribution is 0.0697. The van der Waals surface area contributed by atoms with Gasteiger partial charge in [0.05, 0.1) is 11.1 Å². The predicted octanol–water partition coefficient (Wildman–Crippen LogP) is 2.42. The molecule has 0 spiro atoms. The number of hydrogen-bond acceptors (Lipinski definition) is 8. The van der Waals surface area contributed by atoms with Gasteiger partial charge in [0, 0.05) is 56.4 Å². The van der Waals surface area contributed by atoms with Gasteiger partial charge in [-0.1, -0.05) is 11.6 Å². The van der Waals surface area contributed by atoms with Gasteiger partial charge in [-0.2, -0.15) is 9.97 Å². The van der Waals surface area contributed by atoms with E-state index in [2.05, 4.69) is 15.1 Å². The van der Waals surface area contributed by atoms with E-state index in [4.69, 9.17) is 21.6 Å². The lowest BCUT2D eigenvalue weighted by Crippen LogP contribution is -2.52. The monoisotopic (exact) mass is 472 g/mol. The van der Waals surface area contributed by atoms with Gasteiger partial charge in [0.15, 0.2) is 0 Å². The van der Waals surface area contributed by atoms with Crippen LogP contribution in [0, 0.1) is 0 Å². The quantitative estimate of drug-likeness (QED) is 0.605. The van der Waals surface area contributed by atoms with Gasteiger partial charge in [0.2, 0.25) is 5.95 Å². The molecular weight excluding hydrogens is 444 g/mol. The van der Waals surface area contributed by atoms with Crippen LogP contribution in [0.3, 0.4) is 0 Å². The van der Waals surface area contributed by atoms with Crippen LogP contribution in [-0.4, -0.2) is 78.2 Å². The highest BCUT2D eigenvalue weighted by Crippen LogP contribution is 2.43. The summed E-state index contributed by atoms with van der Waals surface area (Å²) in [5.74, 6) is 0.879. The molecular formula is C23H29ClN6O3. The molecule has 0 bridgehead atoms. The summed E-state index contributed by atoms with van der Waals surface area (Å²) in [6.45, 7) is 5.11. The Hall–Kier alpha value is -2.62. The van der Waals surface area contributed by atoms with Gasteiger partial charge < -0.3 is 30.2 Å². The first kappa shape index (κ1) is 22.2. The smallest absolute Gasteiger partial charge is 0.336 e. The van der Waals surface area contributed by atoms with Crippen LogP contribution in [0.15, 0.2) is 18.2 Å². The summed E-state index contributed by atoms with van der Waals surface area (Å²) >= 11 is 6.36. The molecule has 10 heteroatoms. The Labute approximate surface area is 198 Å². The molecule has 4 heterocycles. The lowest BCUT2D eigenvalue weighted by Gasteiger charge is -2.36. The first-order chi connectivity index (χ1) is 16.0. The molecule has 0 saturated carbocycles. The number of aliphatic hydroxyl groups excluding tert-OH is 1. The maximum Gasteiger partial charge on any atom is 0.336 e. The lowest BCUT2D eigenvalue weighted by atomic mass is 9.99. The molecule has 3 aliphatic rings. The minimum atomic E-state index is -1.04. The number of nitrogens with one attached hydrogen (secondary N) is 1. The number of aliphatic hydroxyl groups is 1. The van der Waals surface area contributed by atoms with Crippen LogP contribution < -0.4 is 20.0 Å². The molecule has 3 fully saturated rings. The van der Waals surface area contributed by atoms with Crippen LogP contribution in [0.1, 0.15) is 36.0 Å². The second kappa shape index (κ2) is 9.32. The minimum Gasteiger partial charge on any atom is -0.478 e. The molecule has 3 saturated heterocycles. The average Bonchev–Trinajstić information content (AvgIpc) is 3.53. The van der Waals surface area contributed by atoms with Crippen molar-refractivity contribution in [3.05, 3.63) is 28.8 Å². The zero-order valence-corrected chi connectivity index (χ0v) is 19.3. The number of carboxylic acid groups (broad SMARTS) is 1. The summed E-state index contributed by atoms with van der Waals surface area (Å²) < 4.78 is 0. The second-order valence-corrected chi connectivity index (χ2v) is 9.24. The van der Waals surface area contributed by atoms with Gasteiger partial charge in [-0.25, -0.2) is 4.79 Å². The molecule has 2 aromatic rings. The van der Waals surface area contributed by atoms with Crippen molar-refractivity contribution >= 4 is 35.2 Å². The summed E-state index contributed by atoms with van der Waals surface area (Å²) in [5.41, 5.74) is 1.24. The van der Waals surface area contributed by atoms with Crippen LogP contribution in [0.5, 0.6) is 0 Å². The van der Waals surface area contributed by atoms with Gasteiger partial charge in [-0.05, 0) is 43.9 Å². The molecule has 3 aliphatic heterocycles. The van der Waals surface area contributed by atoms with Crippen molar-refractivity contribution in [3.63, 3.8) is 0 Å². The standard InChI is InChI=1S/C23H29ClN6O3/c24-15-5-6-16(22(32)33)17(13-15)19-20(28-8-1-2-9-28)26-23(29-10-3-4-11-29)27-21(19)30-12-7-25-14-18(30)31/h5-6,13,18,25,31H,1-4,7-12,14H2,(H,32,33). The highest BCUT2D eigenvalue weighted by molar-refractivity contribution is 6.31. The van der Waals surface area contributed by atoms with Gasteiger partial charge >= 0.3 is 5.97 Å². The molecule has 1 atom stereocenters. The van der Waals surface area contributed by atoms with Crippen molar-refractivity contribution in [1.82, 2.24) is 15.3 Å². The number of aromatic nitrogens is 2. The Balaban J connectivity index is 1.78. The number of carbonyl (C=O) groups is 1. The predicted molar refractivity (Wildman–Crippen MR) is 129 cm³/mol. The summed E-state index contributed by atoms with van der Waals surface area (Å²) in [6.07, 6.45) is 3.50. The van der Waals surface area contributed by atoms with Crippen LogP contribution in [0.4, 0.5) is 17.6 Å². The Morgan fingerprint density at radius 3 is 2.33 bits per heavy atom. The van der Waals surface area contributed by atoms with Crippen LogP contribution in [0.2, 0.25) is 5.02 Å². The number of anilines is 3. The molecule has 0 aliphatic carbocycles. The Kier molecular flexibility index (Phi) is 6.27. The van der Waals surface area contributed by atoms with Gasteiger partial charge in [-0.3, -0.25) is 0 Å². The van der Waals surface area contributed by atoms with Crippen molar-refractivity contribution in [3.8, 4) is 11.1 Å². The van der Waals surface area contributed by atoms with E-state index in [0.29, 0.717) is 47.6 Å². The van der Waals surface area contributed by atoms with E-state index in [1.54, 1.807) is 12.1 Å². The Bertz CT molecular complexity index is 1040. The SMILES string of the molecule is O=C(O)c1ccc(Cl)cc1-c1c(N2CCCC2)nc(N2CCCC2)nc1N1CCNCC1O. The fourth-order valence-corrected chi connectivity index (χ4v) is 5.11. The van der Waals surface area contributed by atoms with E-state index in [1.807, 2.05) is 4.90 Å². The molecule has 0 radical (unpaired) electrons. The number of piperazine rings is 1. The summed E-state index contributed by atoms with van der Waals surface area (Å²) in [5, 5.41) is 24.5. The number of halogens is 1. The molecule has 9 nitrogen and oxygen atoms in total. The first-order valence-corrected chi connectivity index (χ1v) is 12.0. The van der Waals surface area contributed by atoms with Crippen molar-refractivity contribution in [1.29, 1.82) is 0 Å². The third kappa shape index (κ3) is 4.32. The van der Waals surface area contributed by atoms with E-state index < -0.39 is 12.2 Å². The van der Waals surface area contributed by atoms with E-state index in [0.717, 1.165) is 57.7 Å². The third-order valence-corrected chi connectivity index (χ3v) is 6.86.